The molecule has 5 N–H and O–H groups in total. The lowest BCUT2D eigenvalue weighted by molar-refractivity contribution is -0.346. The largest absolute Gasteiger partial charge is 0.456 e. The minimum absolute atomic E-state index is 0.0207. The number of esters is 3. The van der Waals surface area contributed by atoms with Gasteiger partial charge in [0.15, 0.2) is 17.5 Å². The van der Waals surface area contributed by atoms with Gasteiger partial charge in [-0.1, -0.05) is 72.1 Å². The molecule has 1 saturated heterocycles. The molecule has 4 fully saturated rings. The molecule has 1 aliphatic heterocycles. The lowest BCUT2D eigenvalue weighted by Gasteiger charge is -2.67. The summed E-state index contributed by atoms with van der Waals surface area (Å²) in [6.07, 6.45) is -5.86. The number of aliphatic hydroxyl groups is 4. The number of hydrogen-bond acceptors (Lipinski definition) is 13. The number of carbonyl (C=O) groups is 5. The van der Waals surface area contributed by atoms with E-state index in [0.717, 1.165) is 19.3 Å². The summed E-state index contributed by atoms with van der Waals surface area (Å²) in [4.78, 5) is 69.3. The molecule has 2 bridgehead atoms. The minimum Gasteiger partial charge on any atom is -0.456 e. The number of benzene rings is 1. The van der Waals surface area contributed by atoms with Gasteiger partial charge in [-0.15, -0.1) is 0 Å². The van der Waals surface area contributed by atoms with Gasteiger partial charge in [0, 0.05) is 31.1 Å². The van der Waals surface area contributed by atoms with Crippen LogP contribution in [0, 0.1) is 28.1 Å². The van der Waals surface area contributed by atoms with Crippen LogP contribution in [-0.2, 0) is 38.1 Å². The molecular formula is C43H59NO13. The van der Waals surface area contributed by atoms with Crippen LogP contribution in [0.1, 0.15) is 111 Å². The SMILES string of the molecule is CC(=O)O[C@@]12CO[C@@H]1C[C@H](O)[C@@]1(C)C(=O)[C@H](O)C3=C(C)[C@@H](OC(=O)[C@H](O)[C@@H](NC(=O)C4CCCCC4)C(C)(C)C)C[C@@](O)([C@@H](OC(=O)c4ccccc4)[C@H]21)C3(C)C. The molecule has 5 aliphatic rings. The zero-order chi connectivity index (χ0) is 42.0. The molecule has 14 nitrogen and oxygen atoms in total. The maximum Gasteiger partial charge on any atom is 0.338 e. The molecule has 6 rings (SSSR count). The van der Waals surface area contributed by atoms with Crippen LogP contribution in [-0.4, -0.2) is 110 Å². The predicted octanol–water partition coefficient (Wildman–Crippen LogP) is 3.10. The molecule has 1 aromatic rings. The Morgan fingerprint density at radius 3 is 2.18 bits per heavy atom. The number of carbonyl (C=O) groups excluding carboxylic acids is 5. The Morgan fingerprint density at radius 2 is 1.61 bits per heavy atom. The number of aliphatic hydroxyl groups excluding tert-OH is 3. The van der Waals surface area contributed by atoms with E-state index >= 15 is 0 Å². The zero-order valence-corrected chi connectivity index (χ0v) is 34.2. The van der Waals surface area contributed by atoms with Gasteiger partial charge in [-0.2, -0.15) is 0 Å². The van der Waals surface area contributed by atoms with Crippen molar-refractivity contribution in [3.05, 3.63) is 47.0 Å². The van der Waals surface area contributed by atoms with Crippen molar-refractivity contribution < 1.29 is 63.3 Å². The predicted molar refractivity (Wildman–Crippen MR) is 203 cm³/mol. The number of ketones is 1. The number of fused-ring (bicyclic) bond motifs is 5. The zero-order valence-electron chi connectivity index (χ0n) is 34.2. The molecule has 14 heteroatoms. The van der Waals surface area contributed by atoms with E-state index in [0.29, 0.717) is 12.8 Å². The average Bonchev–Trinajstić information content (AvgIpc) is 3.15. The van der Waals surface area contributed by atoms with E-state index in [1.807, 2.05) is 0 Å². The molecular weight excluding hydrogens is 738 g/mol. The minimum atomic E-state index is -2.31. The van der Waals surface area contributed by atoms with Crippen LogP contribution in [0.25, 0.3) is 0 Å². The third-order valence-corrected chi connectivity index (χ3v) is 13.9. The summed E-state index contributed by atoms with van der Waals surface area (Å²) in [6, 6.07) is 6.86. The summed E-state index contributed by atoms with van der Waals surface area (Å²) in [7, 11) is 0. The van der Waals surface area contributed by atoms with E-state index < -0.39 is 106 Å². The standard InChI is InChI=1S/C43H59NO13/c1-22-26(55-38(52)31(48)33(39(3,4)5)44-36(50)24-15-11-9-12-16-24)20-43(53)35(56-37(51)25-17-13-10-14-18-25)32-41(8,34(49)30(47)29(22)40(43,6)7)27(46)19-28-42(32,21-54-28)57-23(2)45/h10,13-14,17-18,24,26-28,30-33,35,46-48,53H,9,11-12,15-16,19-21H2,1-8H3,(H,44,50)/t26-,27-,28+,30+,31+,32-,33+,35-,41+,42-,43+/m0/s1. The maximum absolute atomic E-state index is 14.9. The van der Waals surface area contributed by atoms with Crippen molar-refractivity contribution in [3.63, 3.8) is 0 Å². The van der Waals surface area contributed by atoms with Crippen molar-refractivity contribution in [1.82, 2.24) is 5.32 Å². The van der Waals surface area contributed by atoms with Gasteiger partial charge in [0.05, 0.1) is 35.6 Å². The van der Waals surface area contributed by atoms with Gasteiger partial charge in [-0.25, -0.2) is 9.59 Å². The second kappa shape index (κ2) is 15.2. The first-order valence-electron chi connectivity index (χ1n) is 20.1. The van der Waals surface area contributed by atoms with Crippen molar-refractivity contribution in [2.45, 2.75) is 154 Å². The Kier molecular flexibility index (Phi) is 11.4. The third-order valence-electron chi connectivity index (χ3n) is 13.9. The summed E-state index contributed by atoms with van der Waals surface area (Å²) in [5, 5.41) is 52.0. The van der Waals surface area contributed by atoms with Crippen LogP contribution in [0.15, 0.2) is 41.5 Å². The van der Waals surface area contributed by atoms with Crippen LogP contribution in [0.4, 0.5) is 0 Å². The molecule has 314 valence electrons. The fourth-order valence-corrected chi connectivity index (χ4v) is 10.5. The molecule has 3 saturated carbocycles. The Hall–Kier alpha value is -3.69. The Morgan fingerprint density at radius 1 is 0.982 bits per heavy atom. The molecule has 11 atom stereocenters. The highest BCUT2D eigenvalue weighted by Crippen LogP contribution is 2.64. The molecule has 4 aliphatic carbocycles. The van der Waals surface area contributed by atoms with Gasteiger partial charge < -0.3 is 44.7 Å². The smallest absolute Gasteiger partial charge is 0.338 e. The monoisotopic (exact) mass is 797 g/mol. The third kappa shape index (κ3) is 7.02. The van der Waals surface area contributed by atoms with Crippen LogP contribution < -0.4 is 5.32 Å². The fraction of sp³-hybridized carbons (Fsp3) is 0.698. The first-order chi connectivity index (χ1) is 26.5. The number of amides is 1. The number of Topliss-reactive ketones (excluding diaryl/α,β-unsaturated/α-hetero) is 1. The normalized spacial score (nSPS) is 36.2. The van der Waals surface area contributed by atoms with Crippen molar-refractivity contribution in [1.29, 1.82) is 0 Å². The van der Waals surface area contributed by atoms with Gasteiger partial charge >= 0.3 is 17.9 Å². The van der Waals surface area contributed by atoms with E-state index in [4.69, 9.17) is 18.9 Å². The second-order valence-electron chi connectivity index (χ2n) is 18.7. The molecule has 1 heterocycles. The lowest BCUT2D eigenvalue weighted by atomic mass is 9.44. The summed E-state index contributed by atoms with van der Waals surface area (Å²) >= 11 is 0. The lowest BCUT2D eigenvalue weighted by Crippen LogP contribution is -2.81. The van der Waals surface area contributed by atoms with E-state index in [1.165, 1.54) is 26.0 Å². The first-order valence-corrected chi connectivity index (χ1v) is 20.1. The molecule has 0 unspecified atom stereocenters. The Labute approximate surface area is 333 Å². The summed E-state index contributed by atoms with van der Waals surface area (Å²) in [5.74, 6) is -5.66. The number of ether oxygens (including phenoxy) is 4. The molecule has 57 heavy (non-hydrogen) atoms. The van der Waals surface area contributed by atoms with Crippen molar-refractivity contribution in [2.24, 2.45) is 28.1 Å². The van der Waals surface area contributed by atoms with Crippen LogP contribution in [0.2, 0.25) is 0 Å². The first kappa shape index (κ1) is 42.9. The quantitative estimate of drug-likeness (QED) is 0.146. The molecule has 0 spiro atoms. The van der Waals surface area contributed by atoms with Crippen LogP contribution in [0.3, 0.4) is 0 Å². The number of rotatable bonds is 8. The van der Waals surface area contributed by atoms with E-state index in [1.54, 1.807) is 59.7 Å². The topological polar surface area (TPSA) is 215 Å². The van der Waals surface area contributed by atoms with E-state index in [2.05, 4.69) is 5.32 Å². The Bertz CT molecular complexity index is 1800. The molecule has 0 aromatic heterocycles. The van der Waals surface area contributed by atoms with Crippen molar-refractivity contribution in [2.75, 3.05) is 6.61 Å². The average molecular weight is 798 g/mol. The Balaban J connectivity index is 1.46. The summed E-state index contributed by atoms with van der Waals surface area (Å²) in [6.45, 7) is 12.3. The van der Waals surface area contributed by atoms with E-state index in [9.17, 15) is 44.4 Å². The van der Waals surface area contributed by atoms with Crippen molar-refractivity contribution >= 4 is 29.6 Å². The van der Waals surface area contributed by atoms with Gasteiger partial charge in [0.1, 0.15) is 30.0 Å². The highest BCUT2D eigenvalue weighted by atomic mass is 16.6. The highest BCUT2D eigenvalue weighted by Gasteiger charge is 2.78. The second-order valence-corrected chi connectivity index (χ2v) is 18.7. The summed E-state index contributed by atoms with van der Waals surface area (Å²) in [5.41, 5.74) is -8.11. The van der Waals surface area contributed by atoms with Crippen LogP contribution >= 0.6 is 0 Å². The van der Waals surface area contributed by atoms with Gasteiger partial charge in [0.2, 0.25) is 5.91 Å². The van der Waals surface area contributed by atoms with Crippen molar-refractivity contribution in [3.8, 4) is 0 Å². The molecule has 0 radical (unpaired) electrons. The molecule has 1 aromatic carbocycles. The van der Waals surface area contributed by atoms with Gasteiger partial charge in [-0.3, -0.25) is 14.4 Å². The number of nitrogens with one attached hydrogen (secondary N) is 1. The molecule has 1 amide bonds. The van der Waals surface area contributed by atoms with Gasteiger partial charge in [-0.05, 0) is 55.4 Å². The maximum atomic E-state index is 14.9. The van der Waals surface area contributed by atoms with E-state index in [-0.39, 0.29) is 41.6 Å². The number of hydrogen-bond donors (Lipinski definition) is 5. The highest BCUT2D eigenvalue weighted by molar-refractivity contribution is 5.94. The van der Waals surface area contributed by atoms with Crippen LogP contribution in [0.5, 0.6) is 0 Å². The van der Waals surface area contributed by atoms with Gasteiger partial charge in [0.25, 0.3) is 0 Å². The summed E-state index contributed by atoms with van der Waals surface area (Å²) < 4.78 is 24.2. The fourth-order valence-electron chi connectivity index (χ4n) is 10.5.